The van der Waals surface area contributed by atoms with E-state index >= 15 is 0 Å². The van der Waals surface area contributed by atoms with E-state index in [4.69, 9.17) is 0 Å². The Morgan fingerprint density at radius 1 is 1.25 bits per heavy atom. The van der Waals surface area contributed by atoms with Crippen molar-refractivity contribution in [3.05, 3.63) is 53.9 Å². The number of carbonyl (C=O) groups is 1. The molecule has 1 heterocycles. The van der Waals surface area contributed by atoms with Gasteiger partial charge < -0.3 is 10.3 Å². The van der Waals surface area contributed by atoms with Gasteiger partial charge in [0.2, 0.25) is 0 Å². The minimum atomic E-state index is -4.42. The lowest BCUT2D eigenvalue weighted by atomic mass is 10.2. The summed E-state index contributed by atoms with van der Waals surface area (Å²) in [7, 11) is 0. The van der Waals surface area contributed by atoms with Crippen LogP contribution in [0.3, 0.4) is 0 Å². The number of aromatic nitrogens is 1. The molecule has 0 unspecified atom stereocenters. The van der Waals surface area contributed by atoms with Crippen molar-refractivity contribution in [1.82, 2.24) is 10.3 Å². The van der Waals surface area contributed by atoms with Gasteiger partial charge in [0.15, 0.2) is 0 Å². The Morgan fingerprint density at radius 3 is 2.65 bits per heavy atom. The van der Waals surface area contributed by atoms with Gasteiger partial charge in [0.1, 0.15) is 0 Å². The molecule has 0 saturated carbocycles. The van der Waals surface area contributed by atoms with Crippen LogP contribution in [0.4, 0.5) is 13.2 Å². The summed E-state index contributed by atoms with van der Waals surface area (Å²) in [5, 5.41) is 2.59. The average molecular weight is 300 g/mol. The van der Waals surface area contributed by atoms with E-state index in [1.54, 1.807) is 18.5 Å². The van der Waals surface area contributed by atoms with Crippen LogP contribution in [0.1, 0.15) is 15.9 Å². The standard InChI is InChI=1S/C13H11F3N2OS/c14-13(15,16)20-11-4-2-1-3-10(11)12(19)18-8-9-5-6-17-7-9/h1-7,17H,8H2,(H,18,19). The number of halogens is 3. The number of aromatic amines is 1. The molecule has 2 aromatic rings. The Kier molecular flexibility index (Phi) is 4.39. The van der Waals surface area contributed by atoms with Gasteiger partial charge in [-0.1, -0.05) is 12.1 Å². The molecule has 0 bridgehead atoms. The Balaban J connectivity index is 2.09. The lowest BCUT2D eigenvalue weighted by molar-refractivity contribution is -0.0328. The van der Waals surface area contributed by atoms with Crippen molar-refractivity contribution in [1.29, 1.82) is 0 Å². The van der Waals surface area contributed by atoms with Gasteiger partial charge in [-0.25, -0.2) is 0 Å². The van der Waals surface area contributed by atoms with Crippen molar-refractivity contribution in [3.8, 4) is 0 Å². The molecular weight excluding hydrogens is 289 g/mol. The number of thioether (sulfide) groups is 1. The van der Waals surface area contributed by atoms with Crippen LogP contribution in [0, 0.1) is 0 Å². The second-order valence-corrected chi connectivity index (χ2v) is 5.05. The average Bonchev–Trinajstić information content (AvgIpc) is 2.88. The summed E-state index contributed by atoms with van der Waals surface area (Å²) in [5.74, 6) is -0.529. The monoisotopic (exact) mass is 300 g/mol. The molecular formula is C13H11F3N2OS. The van der Waals surface area contributed by atoms with Crippen molar-refractivity contribution in [2.45, 2.75) is 16.9 Å². The molecule has 0 spiro atoms. The molecule has 0 radical (unpaired) electrons. The molecule has 1 aromatic heterocycles. The van der Waals surface area contributed by atoms with Gasteiger partial charge in [0.25, 0.3) is 5.91 Å². The zero-order valence-electron chi connectivity index (χ0n) is 10.2. The number of carbonyl (C=O) groups excluding carboxylic acids is 1. The first-order valence-electron chi connectivity index (χ1n) is 5.70. The lowest BCUT2D eigenvalue weighted by Gasteiger charge is -2.11. The topological polar surface area (TPSA) is 44.9 Å². The minimum Gasteiger partial charge on any atom is -0.367 e. The highest BCUT2D eigenvalue weighted by Gasteiger charge is 2.31. The molecule has 1 amide bonds. The molecule has 0 saturated heterocycles. The van der Waals surface area contributed by atoms with E-state index in [0.717, 1.165) is 5.56 Å². The van der Waals surface area contributed by atoms with E-state index in [1.807, 2.05) is 0 Å². The largest absolute Gasteiger partial charge is 0.446 e. The second kappa shape index (κ2) is 6.04. The Bertz CT molecular complexity index is 582. The van der Waals surface area contributed by atoms with Crippen LogP contribution in [0.5, 0.6) is 0 Å². The van der Waals surface area contributed by atoms with Crippen LogP contribution in [-0.2, 0) is 6.54 Å². The molecule has 0 aliphatic carbocycles. The maximum atomic E-state index is 12.4. The zero-order chi connectivity index (χ0) is 14.6. The number of benzene rings is 1. The number of nitrogens with one attached hydrogen (secondary N) is 2. The van der Waals surface area contributed by atoms with Gasteiger partial charge in [-0.2, -0.15) is 13.2 Å². The van der Waals surface area contributed by atoms with E-state index < -0.39 is 11.4 Å². The number of alkyl halides is 3. The van der Waals surface area contributed by atoms with Crippen molar-refractivity contribution in [3.63, 3.8) is 0 Å². The number of rotatable bonds is 4. The highest BCUT2D eigenvalue weighted by Crippen LogP contribution is 2.38. The van der Waals surface area contributed by atoms with Crippen LogP contribution in [0.25, 0.3) is 0 Å². The molecule has 20 heavy (non-hydrogen) atoms. The first kappa shape index (κ1) is 14.5. The maximum Gasteiger partial charge on any atom is 0.446 e. The van der Waals surface area contributed by atoms with Gasteiger partial charge in [-0.05, 0) is 35.5 Å². The molecule has 2 N–H and O–H groups in total. The SMILES string of the molecule is O=C(NCc1cc[nH]c1)c1ccccc1SC(F)(F)F. The summed E-state index contributed by atoms with van der Waals surface area (Å²) in [6.45, 7) is 0.257. The highest BCUT2D eigenvalue weighted by atomic mass is 32.2. The third-order valence-corrected chi connectivity index (χ3v) is 3.28. The molecule has 0 fully saturated rings. The molecule has 7 heteroatoms. The van der Waals surface area contributed by atoms with Gasteiger partial charge in [0, 0.05) is 23.8 Å². The van der Waals surface area contributed by atoms with Crippen molar-refractivity contribution >= 4 is 17.7 Å². The second-order valence-electron chi connectivity index (χ2n) is 3.95. The Hall–Kier alpha value is -1.89. The van der Waals surface area contributed by atoms with E-state index in [-0.39, 0.29) is 28.8 Å². The van der Waals surface area contributed by atoms with Gasteiger partial charge in [-0.3, -0.25) is 4.79 Å². The summed E-state index contributed by atoms with van der Waals surface area (Å²) in [5.41, 5.74) is -3.55. The van der Waals surface area contributed by atoms with E-state index in [1.165, 1.54) is 24.3 Å². The summed E-state index contributed by atoms with van der Waals surface area (Å²) in [6, 6.07) is 7.43. The Morgan fingerprint density at radius 2 is 2.00 bits per heavy atom. The Labute approximate surface area is 117 Å². The first-order chi connectivity index (χ1) is 9.46. The number of hydrogen-bond acceptors (Lipinski definition) is 2. The maximum absolute atomic E-state index is 12.4. The third-order valence-electron chi connectivity index (χ3n) is 2.47. The molecule has 106 valence electrons. The smallest absolute Gasteiger partial charge is 0.367 e. The summed E-state index contributed by atoms with van der Waals surface area (Å²) >= 11 is -0.288. The molecule has 0 aliphatic heterocycles. The molecule has 2 rings (SSSR count). The molecule has 3 nitrogen and oxygen atoms in total. The van der Waals surface area contributed by atoms with Crippen molar-refractivity contribution in [2.24, 2.45) is 0 Å². The van der Waals surface area contributed by atoms with Gasteiger partial charge in [0.05, 0.1) is 5.56 Å². The van der Waals surface area contributed by atoms with Crippen LogP contribution in [-0.4, -0.2) is 16.4 Å². The number of amides is 1. The van der Waals surface area contributed by atoms with Crippen LogP contribution < -0.4 is 5.32 Å². The molecule has 1 aromatic carbocycles. The van der Waals surface area contributed by atoms with Crippen LogP contribution in [0.15, 0.2) is 47.6 Å². The molecule has 0 aliphatic rings. The lowest BCUT2D eigenvalue weighted by Crippen LogP contribution is -2.23. The minimum absolute atomic E-state index is 0.0189. The first-order valence-corrected chi connectivity index (χ1v) is 6.52. The highest BCUT2D eigenvalue weighted by molar-refractivity contribution is 8.00. The van der Waals surface area contributed by atoms with Crippen molar-refractivity contribution < 1.29 is 18.0 Å². The quantitative estimate of drug-likeness (QED) is 0.848. The predicted octanol–water partition coefficient (Wildman–Crippen LogP) is 3.56. The van der Waals surface area contributed by atoms with E-state index in [2.05, 4.69) is 10.3 Å². The fraction of sp³-hybridized carbons (Fsp3) is 0.154. The van der Waals surface area contributed by atoms with E-state index in [0.29, 0.717) is 0 Å². The van der Waals surface area contributed by atoms with E-state index in [9.17, 15) is 18.0 Å². The van der Waals surface area contributed by atoms with Gasteiger partial charge in [-0.15, -0.1) is 0 Å². The fourth-order valence-corrected chi connectivity index (χ4v) is 2.28. The van der Waals surface area contributed by atoms with Gasteiger partial charge >= 0.3 is 5.51 Å². The van der Waals surface area contributed by atoms with Crippen LogP contribution in [0.2, 0.25) is 0 Å². The van der Waals surface area contributed by atoms with Crippen molar-refractivity contribution in [2.75, 3.05) is 0 Å². The normalized spacial score (nSPS) is 11.3. The third kappa shape index (κ3) is 4.06. The predicted molar refractivity (Wildman–Crippen MR) is 70.3 cm³/mol. The fourth-order valence-electron chi connectivity index (χ4n) is 1.61. The number of H-pyrrole nitrogens is 1. The zero-order valence-corrected chi connectivity index (χ0v) is 11.0. The molecule has 0 atom stereocenters. The summed E-state index contributed by atoms with van der Waals surface area (Å²) < 4.78 is 37.3. The number of hydrogen-bond donors (Lipinski definition) is 2. The summed E-state index contributed by atoms with van der Waals surface area (Å²) in [6.07, 6.45) is 3.41. The summed E-state index contributed by atoms with van der Waals surface area (Å²) in [4.78, 5) is 14.7. The van der Waals surface area contributed by atoms with Crippen LogP contribution >= 0.6 is 11.8 Å².